The normalized spacial score (nSPS) is 23.9. The standard InChI is InChI=1S/C28H32N2O5/c1-3-28(2,26(33)30-13-12-21-22(14-30)24(21)25(31)32)16-29-27(34)35-15-23-19-10-6-4-8-17(19)18-9-5-7-11-20(18)23/h4-11,21-24H,3,12-16H2,1-2H3,(H,29,34)(H,31,32). The van der Waals surface area contributed by atoms with E-state index in [0.717, 1.165) is 17.5 Å². The zero-order valence-corrected chi connectivity index (χ0v) is 20.2. The first-order valence-electron chi connectivity index (χ1n) is 12.4. The van der Waals surface area contributed by atoms with Crippen LogP contribution in [0.2, 0.25) is 0 Å². The summed E-state index contributed by atoms with van der Waals surface area (Å²) >= 11 is 0. The summed E-state index contributed by atoms with van der Waals surface area (Å²) in [6.45, 7) is 5.24. The number of alkyl carbamates (subject to hydrolysis) is 1. The Morgan fingerprint density at radius 3 is 2.29 bits per heavy atom. The van der Waals surface area contributed by atoms with Gasteiger partial charge in [-0.1, -0.05) is 55.5 Å². The van der Waals surface area contributed by atoms with Gasteiger partial charge in [-0.15, -0.1) is 0 Å². The number of carbonyl (C=O) groups is 3. The highest BCUT2D eigenvalue weighted by Gasteiger charge is 2.58. The summed E-state index contributed by atoms with van der Waals surface area (Å²) in [5, 5.41) is 12.1. The van der Waals surface area contributed by atoms with E-state index in [-0.39, 0.29) is 42.7 Å². The molecule has 2 fully saturated rings. The summed E-state index contributed by atoms with van der Waals surface area (Å²) < 4.78 is 5.63. The van der Waals surface area contributed by atoms with Gasteiger partial charge in [0.2, 0.25) is 5.91 Å². The van der Waals surface area contributed by atoms with Crippen molar-refractivity contribution in [2.24, 2.45) is 23.2 Å². The third kappa shape index (κ3) is 4.17. The number of ether oxygens (including phenoxy) is 1. The number of likely N-dealkylation sites (tertiary alicyclic amines) is 1. The summed E-state index contributed by atoms with van der Waals surface area (Å²) in [5.74, 6) is -0.878. The summed E-state index contributed by atoms with van der Waals surface area (Å²) in [7, 11) is 0. The van der Waals surface area contributed by atoms with E-state index < -0.39 is 17.5 Å². The number of benzene rings is 2. The second-order valence-corrected chi connectivity index (χ2v) is 10.3. The minimum Gasteiger partial charge on any atom is -0.481 e. The Kier molecular flexibility index (Phi) is 6.03. The Balaban J connectivity index is 1.18. The molecule has 1 aliphatic heterocycles. The van der Waals surface area contributed by atoms with Crippen molar-refractivity contribution >= 4 is 18.0 Å². The third-order valence-corrected chi connectivity index (χ3v) is 8.33. The lowest BCUT2D eigenvalue weighted by atomic mass is 9.85. The highest BCUT2D eigenvalue weighted by Crippen LogP contribution is 2.52. The Hall–Kier alpha value is -3.35. The second-order valence-electron chi connectivity index (χ2n) is 10.3. The van der Waals surface area contributed by atoms with Gasteiger partial charge in [0.05, 0.1) is 11.3 Å². The van der Waals surface area contributed by atoms with Crippen LogP contribution in [0.1, 0.15) is 43.7 Å². The van der Waals surface area contributed by atoms with Gasteiger partial charge in [0.15, 0.2) is 0 Å². The van der Waals surface area contributed by atoms with E-state index in [2.05, 4.69) is 29.6 Å². The maximum absolute atomic E-state index is 13.3. The molecule has 0 aromatic heterocycles. The molecule has 0 spiro atoms. The van der Waals surface area contributed by atoms with E-state index in [9.17, 15) is 19.5 Å². The number of carbonyl (C=O) groups excluding carboxylic acids is 2. The average molecular weight is 477 g/mol. The van der Waals surface area contributed by atoms with Gasteiger partial charge >= 0.3 is 12.1 Å². The van der Waals surface area contributed by atoms with Gasteiger partial charge < -0.3 is 20.1 Å². The topological polar surface area (TPSA) is 95.9 Å². The number of hydrogen-bond donors (Lipinski definition) is 2. The van der Waals surface area contributed by atoms with Crippen molar-refractivity contribution in [3.63, 3.8) is 0 Å². The van der Waals surface area contributed by atoms with Gasteiger partial charge in [0.25, 0.3) is 0 Å². The van der Waals surface area contributed by atoms with Crippen molar-refractivity contribution < 1.29 is 24.2 Å². The molecular weight excluding hydrogens is 444 g/mol. The molecule has 0 radical (unpaired) electrons. The molecule has 2 N–H and O–H groups in total. The number of carboxylic acids is 1. The largest absolute Gasteiger partial charge is 0.481 e. The maximum Gasteiger partial charge on any atom is 0.407 e. The molecule has 1 heterocycles. The van der Waals surface area contributed by atoms with Crippen LogP contribution in [0.15, 0.2) is 48.5 Å². The number of aliphatic carboxylic acids is 1. The molecule has 4 atom stereocenters. The van der Waals surface area contributed by atoms with Gasteiger partial charge in [-0.2, -0.15) is 0 Å². The fourth-order valence-electron chi connectivity index (χ4n) is 5.94. The van der Waals surface area contributed by atoms with Crippen molar-refractivity contribution in [1.82, 2.24) is 10.2 Å². The van der Waals surface area contributed by atoms with E-state index in [1.54, 1.807) is 4.90 Å². The van der Waals surface area contributed by atoms with Crippen molar-refractivity contribution in [3.05, 3.63) is 59.7 Å². The monoisotopic (exact) mass is 476 g/mol. The predicted molar refractivity (Wildman–Crippen MR) is 131 cm³/mol. The van der Waals surface area contributed by atoms with Gasteiger partial charge in [-0.05, 0) is 53.9 Å². The Morgan fingerprint density at radius 1 is 1.06 bits per heavy atom. The number of nitrogens with zero attached hydrogens (tertiary/aromatic N) is 1. The number of fused-ring (bicyclic) bond motifs is 4. The quantitative estimate of drug-likeness (QED) is 0.627. The van der Waals surface area contributed by atoms with Crippen molar-refractivity contribution in [2.45, 2.75) is 32.6 Å². The molecule has 7 nitrogen and oxygen atoms in total. The van der Waals surface area contributed by atoms with Gasteiger partial charge in [0, 0.05) is 25.6 Å². The van der Waals surface area contributed by atoms with Gasteiger partial charge in [0.1, 0.15) is 6.61 Å². The molecule has 184 valence electrons. The molecule has 1 saturated carbocycles. The molecule has 3 aliphatic rings. The Labute approximate surface area is 205 Å². The fraction of sp³-hybridized carbons (Fsp3) is 0.464. The van der Waals surface area contributed by atoms with E-state index in [4.69, 9.17) is 4.74 Å². The lowest BCUT2D eigenvalue weighted by molar-refractivity contribution is -0.143. The van der Waals surface area contributed by atoms with E-state index in [0.29, 0.717) is 19.5 Å². The molecule has 7 heteroatoms. The minimum absolute atomic E-state index is 0.0191. The lowest BCUT2D eigenvalue weighted by Gasteiger charge is -2.35. The Morgan fingerprint density at radius 2 is 1.69 bits per heavy atom. The fourth-order valence-corrected chi connectivity index (χ4v) is 5.94. The summed E-state index contributed by atoms with van der Waals surface area (Å²) in [5.41, 5.74) is 3.87. The number of nitrogens with one attached hydrogen (secondary N) is 1. The van der Waals surface area contributed by atoms with Crippen LogP contribution in [0.5, 0.6) is 0 Å². The molecule has 4 unspecified atom stereocenters. The van der Waals surface area contributed by atoms with Gasteiger partial charge in [-0.3, -0.25) is 9.59 Å². The zero-order valence-electron chi connectivity index (χ0n) is 20.2. The molecule has 2 aliphatic carbocycles. The molecule has 1 saturated heterocycles. The zero-order chi connectivity index (χ0) is 24.7. The van der Waals surface area contributed by atoms with Gasteiger partial charge in [-0.25, -0.2) is 4.79 Å². The maximum atomic E-state index is 13.3. The molecule has 2 aromatic rings. The van der Waals surface area contributed by atoms with Crippen LogP contribution in [0.3, 0.4) is 0 Å². The molecule has 2 aromatic carbocycles. The van der Waals surface area contributed by atoms with Crippen molar-refractivity contribution in [3.8, 4) is 11.1 Å². The van der Waals surface area contributed by atoms with E-state index in [1.807, 2.05) is 38.1 Å². The number of carboxylic acid groups (broad SMARTS) is 1. The number of piperidine rings is 1. The van der Waals surface area contributed by atoms with Crippen LogP contribution in [0.4, 0.5) is 4.79 Å². The highest BCUT2D eigenvalue weighted by molar-refractivity contribution is 5.84. The van der Waals surface area contributed by atoms with Crippen LogP contribution in [-0.4, -0.2) is 54.2 Å². The van der Waals surface area contributed by atoms with Crippen LogP contribution in [0, 0.1) is 23.2 Å². The Bertz CT molecular complexity index is 1120. The minimum atomic E-state index is -0.772. The smallest absolute Gasteiger partial charge is 0.407 e. The second kappa shape index (κ2) is 9.02. The summed E-state index contributed by atoms with van der Waals surface area (Å²) in [4.78, 5) is 39.1. The first kappa shape index (κ1) is 23.4. The van der Waals surface area contributed by atoms with Crippen LogP contribution < -0.4 is 5.32 Å². The van der Waals surface area contributed by atoms with Crippen LogP contribution in [-0.2, 0) is 14.3 Å². The SMILES string of the molecule is CCC(C)(CNC(=O)OCC1c2ccccc2-c2ccccc21)C(=O)N1CCC2C(C1)C2C(=O)O. The van der Waals surface area contributed by atoms with Crippen LogP contribution in [0.25, 0.3) is 11.1 Å². The highest BCUT2D eigenvalue weighted by atomic mass is 16.5. The van der Waals surface area contributed by atoms with Crippen molar-refractivity contribution in [2.75, 3.05) is 26.2 Å². The molecular formula is C28H32N2O5. The average Bonchev–Trinajstić information content (AvgIpc) is 3.53. The van der Waals surface area contributed by atoms with Crippen LogP contribution >= 0.6 is 0 Å². The van der Waals surface area contributed by atoms with Crippen molar-refractivity contribution in [1.29, 1.82) is 0 Å². The molecule has 2 amide bonds. The molecule has 35 heavy (non-hydrogen) atoms. The molecule has 5 rings (SSSR count). The predicted octanol–water partition coefficient (Wildman–Crippen LogP) is 4.12. The summed E-state index contributed by atoms with van der Waals surface area (Å²) in [6.07, 6.45) is 0.751. The number of hydrogen-bond acceptors (Lipinski definition) is 4. The number of rotatable bonds is 7. The number of amides is 2. The lowest BCUT2D eigenvalue weighted by Crippen LogP contribution is -2.50. The molecule has 0 bridgehead atoms. The van der Waals surface area contributed by atoms with E-state index in [1.165, 1.54) is 11.1 Å². The summed E-state index contributed by atoms with van der Waals surface area (Å²) in [6, 6.07) is 16.4. The first-order valence-corrected chi connectivity index (χ1v) is 12.4. The first-order chi connectivity index (χ1) is 16.8. The van der Waals surface area contributed by atoms with E-state index >= 15 is 0 Å². The third-order valence-electron chi connectivity index (χ3n) is 8.33.